The van der Waals surface area contributed by atoms with E-state index in [2.05, 4.69) is 36.2 Å². The molecule has 3 aromatic rings. The summed E-state index contributed by atoms with van der Waals surface area (Å²) in [4.78, 5) is 32.7. The minimum atomic E-state index is -2.74. The first kappa shape index (κ1) is 27.8. The molecule has 3 heterocycles. The first-order chi connectivity index (χ1) is 19.5. The largest absolute Gasteiger partial charge is 0.481 e. The maximum Gasteiger partial charge on any atom is 0.336 e. The van der Waals surface area contributed by atoms with Crippen LogP contribution in [0.15, 0.2) is 36.4 Å². The lowest BCUT2D eigenvalue weighted by molar-refractivity contribution is -0.170. The molecule has 41 heavy (non-hydrogen) atoms. The predicted octanol–water partition coefficient (Wildman–Crippen LogP) is 3.20. The Kier molecular flexibility index (Phi) is 7.24. The third-order valence-electron chi connectivity index (χ3n) is 6.92. The zero-order chi connectivity index (χ0) is 29.5. The van der Waals surface area contributed by atoms with Crippen molar-refractivity contribution in [3.8, 4) is 34.1 Å². The highest BCUT2D eigenvalue weighted by molar-refractivity contribution is 6.07. The first-order valence-corrected chi connectivity index (χ1v) is 12.6. The standard InChI is InChI=1S/C22H19NO5.C6H8O7/c1-3-24-22-16-9-19-18(26-10-27-19)8-15(16)13-4-5-14-12(20(13)23(22)2)6-7-17-21(14)28-11-25-17;7-3(8)1-6(13,5(11)12)2-4(9)10/h4-9,22H,3,10-11H2,1-2H3;13H,1-2H2,(H,7,8)(H,9,10)(H,11,12). The van der Waals surface area contributed by atoms with Gasteiger partial charge in [0.05, 0.1) is 18.5 Å². The molecule has 0 aliphatic carbocycles. The molecule has 4 N–H and O–H groups in total. The van der Waals surface area contributed by atoms with E-state index in [1.54, 1.807) is 0 Å². The Morgan fingerprint density at radius 1 is 0.878 bits per heavy atom. The molecule has 3 aliphatic heterocycles. The topological polar surface area (TPSA) is 182 Å². The fourth-order valence-electron chi connectivity index (χ4n) is 5.15. The Bertz CT molecular complexity index is 1540. The van der Waals surface area contributed by atoms with Crippen molar-refractivity contribution >= 4 is 34.4 Å². The second-order valence-electron chi connectivity index (χ2n) is 9.55. The molecule has 3 aromatic carbocycles. The van der Waals surface area contributed by atoms with E-state index in [-0.39, 0.29) is 19.8 Å². The van der Waals surface area contributed by atoms with Gasteiger partial charge in [0.15, 0.2) is 34.8 Å². The fourth-order valence-corrected chi connectivity index (χ4v) is 5.15. The summed E-state index contributed by atoms with van der Waals surface area (Å²) in [6.45, 7) is 3.13. The van der Waals surface area contributed by atoms with Gasteiger partial charge in [0.25, 0.3) is 0 Å². The predicted molar refractivity (Wildman–Crippen MR) is 141 cm³/mol. The monoisotopic (exact) mass is 569 g/mol. The third kappa shape index (κ3) is 5.00. The van der Waals surface area contributed by atoms with Gasteiger partial charge in [0, 0.05) is 35.6 Å². The quantitative estimate of drug-likeness (QED) is 0.326. The minimum Gasteiger partial charge on any atom is -0.481 e. The number of benzene rings is 3. The molecule has 13 nitrogen and oxygen atoms in total. The van der Waals surface area contributed by atoms with Gasteiger partial charge in [0.2, 0.25) is 13.6 Å². The Morgan fingerprint density at radius 3 is 2.12 bits per heavy atom. The second kappa shape index (κ2) is 10.7. The number of anilines is 1. The normalized spacial score (nSPS) is 16.0. The molecule has 0 saturated carbocycles. The minimum absolute atomic E-state index is 0.210. The van der Waals surface area contributed by atoms with Crippen LogP contribution in [-0.2, 0) is 19.1 Å². The lowest BCUT2D eigenvalue weighted by Gasteiger charge is -2.38. The number of fused-ring (bicyclic) bond motifs is 8. The van der Waals surface area contributed by atoms with Gasteiger partial charge in [-0.15, -0.1) is 0 Å². The Hall–Kier alpha value is -4.75. The van der Waals surface area contributed by atoms with Crippen LogP contribution >= 0.6 is 0 Å². The maximum absolute atomic E-state index is 10.3. The van der Waals surface area contributed by atoms with Crippen molar-refractivity contribution in [1.82, 2.24) is 0 Å². The lowest BCUT2D eigenvalue weighted by Crippen LogP contribution is -2.42. The molecule has 13 heteroatoms. The molecule has 6 rings (SSSR count). The van der Waals surface area contributed by atoms with E-state index in [1.165, 1.54) is 0 Å². The van der Waals surface area contributed by atoms with Gasteiger partial charge in [-0.2, -0.15) is 0 Å². The molecule has 0 bridgehead atoms. The number of carboxylic acid groups (broad SMARTS) is 3. The van der Waals surface area contributed by atoms with Gasteiger partial charge in [-0.25, -0.2) is 4.79 Å². The van der Waals surface area contributed by atoms with E-state index < -0.39 is 36.4 Å². The van der Waals surface area contributed by atoms with Gasteiger partial charge >= 0.3 is 17.9 Å². The number of aliphatic carboxylic acids is 3. The van der Waals surface area contributed by atoms with Gasteiger partial charge in [0.1, 0.15) is 0 Å². The second-order valence-corrected chi connectivity index (χ2v) is 9.55. The Morgan fingerprint density at radius 2 is 1.49 bits per heavy atom. The van der Waals surface area contributed by atoms with Crippen LogP contribution in [-0.4, -0.2) is 71.2 Å². The van der Waals surface area contributed by atoms with Crippen molar-refractivity contribution in [2.24, 2.45) is 0 Å². The highest BCUT2D eigenvalue weighted by Crippen LogP contribution is 2.53. The summed E-state index contributed by atoms with van der Waals surface area (Å²) in [7, 11) is 2.07. The number of ether oxygens (including phenoxy) is 5. The molecule has 1 unspecified atom stereocenters. The van der Waals surface area contributed by atoms with Crippen LogP contribution in [0, 0.1) is 0 Å². The molecular formula is C28H27NO12. The highest BCUT2D eigenvalue weighted by atomic mass is 16.7. The summed E-state index contributed by atoms with van der Waals surface area (Å²) in [6, 6.07) is 12.4. The summed E-state index contributed by atoms with van der Waals surface area (Å²) in [6.07, 6.45) is -2.50. The van der Waals surface area contributed by atoms with Crippen LogP contribution in [0.4, 0.5) is 5.69 Å². The van der Waals surface area contributed by atoms with Crippen molar-refractivity contribution in [3.05, 3.63) is 42.0 Å². The SMILES string of the molecule is CCOC1c2cc3c(cc2-c2ccc4c5c(ccc4c2N1C)OCO5)OCO3.O=C(O)CC(O)(CC(=O)O)C(=O)O. The number of hydrogen-bond donors (Lipinski definition) is 4. The highest BCUT2D eigenvalue weighted by Gasteiger charge is 2.41. The molecule has 0 aromatic heterocycles. The van der Waals surface area contributed by atoms with E-state index in [4.69, 9.17) is 44.1 Å². The van der Waals surface area contributed by atoms with Crippen molar-refractivity contribution in [3.63, 3.8) is 0 Å². The van der Waals surface area contributed by atoms with Crippen molar-refractivity contribution in [1.29, 1.82) is 0 Å². The summed E-state index contributed by atoms with van der Waals surface area (Å²) >= 11 is 0. The number of carboxylic acids is 3. The van der Waals surface area contributed by atoms with Gasteiger partial charge in [-0.1, -0.05) is 6.07 Å². The van der Waals surface area contributed by atoms with E-state index in [9.17, 15) is 14.4 Å². The van der Waals surface area contributed by atoms with Crippen LogP contribution in [0.5, 0.6) is 23.0 Å². The van der Waals surface area contributed by atoms with Gasteiger partial charge in [-0.3, -0.25) is 9.59 Å². The van der Waals surface area contributed by atoms with E-state index in [0.29, 0.717) is 6.61 Å². The summed E-state index contributed by atoms with van der Waals surface area (Å²) in [5, 5.41) is 36.0. The van der Waals surface area contributed by atoms with Crippen LogP contribution in [0.1, 0.15) is 31.6 Å². The van der Waals surface area contributed by atoms with Crippen LogP contribution in [0.25, 0.3) is 21.9 Å². The Balaban J connectivity index is 0.000000223. The van der Waals surface area contributed by atoms with Crippen LogP contribution in [0.2, 0.25) is 0 Å². The number of nitrogens with zero attached hydrogens (tertiary/aromatic N) is 1. The summed E-state index contributed by atoms with van der Waals surface area (Å²) in [5.74, 6) is -1.89. The zero-order valence-corrected chi connectivity index (χ0v) is 22.1. The average molecular weight is 570 g/mol. The maximum atomic E-state index is 10.3. The lowest BCUT2D eigenvalue weighted by atomic mass is 9.89. The fraction of sp³-hybridized carbons (Fsp3) is 0.321. The molecule has 1 atom stereocenters. The molecule has 3 aliphatic rings. The van der Waals surface area contributed by atoms with Crippen LogP contribution < -0.4 is 23.8 Å². The van der Waals surface area contributed by atoms with Crippen molar-refractivity contribution < 1.29 is 58.5 Å². The van der Waals surface area contributed by atoms with E-state index in [0.717, 1.165) is 56.1 Å². The average Bonchev–Trinajstić information content (AvgIpc) is 3.58. The molecule has 216 valence electrons. The van der Waals surface area contributed by atoms with Gasteiger partial charge in [-0.05, 0) is 42.8 Å². The molecule has 0 spiro atoms. The van der Waals surface area contributed by atoms with Crippen molar-refractivity contribution in [2.75, 3.05) is 32.1 Å². The number of hydrogen-bond acceptors (Lipinski definition) is 10. The molecule has 0 saturated heterocycles. The third-order valence-corrected chi connectivity index (χ3v) is 6.92. The molecule has 0 fully saturated rings. The summed E-state index contributed by atoms with van der Waals surface area (Å²) < 4.78 is 28.7. The number of rotatable bonds is 7. The number of carbonyl (C=O) groups is 3. The Labute approximate surface area is 233 Å². The first-order valence-electron chi connectivity index (χ1n) is 12.6. The van der Waals surface area contributed by atoms with E-state index >= 15 is 0 Å². The smallest absolute Gasteiger partial charge is 0.336 e. The van der Waals surface area contributed by atoms with E-state index in [1.807, 2.05) is 19.1 Å². The molecular weight excluding hydrogens is 542 g/mol. The zero-order valence-electron chi connectivity index (χ0n) is 22.1. The summed E-state index contributed by atoms with van der Waals surface area (Å²) in [5.41, 5.74) is 1.70. The number of aliphatic hydroxyl groups is 1. The molecule has 0 amide bonds. The molecule has 0 radical (unpaired) electrons. The van der Waals surface area contributed by atoms with Crippen LogP contribution in [0.3, 0.4) is 0 Å². The van der Waals surface area contributed by atoms with Gasteiger partial charge < -0.3 is 49.0 Å². The van der Waals surface area contributed by atoms with Crippen molar-refractivity contribution in [2.45, 2.75) is 31.6 Å².